The SMILES string of the molecule is CCOc1ccc(CCNC(=O)c2cccnc2NCCc2ccccc2)cc1OCC. The van der Waals surface area contributed by atoms with E-state index < -0.39 is 0 Å². The molecule has 0 atom stereocenters. The van der Waals surface area contributed by atoms with Crippen LogP contribution in [0.4, 0.5) is 5.82 Å². The van der Waals surface area contributed by atoms with Gasteiger partial charge in [0, 0.05) is 19.3 Å². The standard InChI is InChI=1S/C26H31N3O3/c1-3-31-23-13-12-21(19-24(23)32-4-2)15-18-29-26(30)22-11-8-16-27-25(22)28-17-14-20-9-6-5-7-10-20/h5-13,16,19H,3-4,14-15,17-18H2,1-2H3,(H,27,28)(H,29,30). The number of ether oxygens (including phenoxy) is 2. The quantitative estimate of drug-likeness (QED) is 0.440. The molecule has 0 bridgehead atoms. The number of amides is 1. The Bertz CT molecular complexity index is 993. The third-order valence-corrected chi connectivity index (χ3v) is 4.91. The number of hydrogen-bond donors (Lipinski definition) is 2. The van der Waals surface area contributed by atoms with E-state index in [4.69, 9.17) is 9.47 Å². The van der Waals surface area contributed by atoms with Crippen LogP contribution in [-0.4, -0.2) is 37.2 Å². The van der Waals surface area contributed by atoms with Gasteiger partial charge in [-0.3, -0.25) is 4.79 Å². The van der Waals surface area contributed by atoms with E-state index in [1.807, 2.05) is 50.2 Å². The third kappa shape index (κ3) is 6.74. The van der Waals surface area contributed by atoms with Crippen molar-refractivity contribution in [3.63, 3.8) is 0 Å². The minimum absolute atomic E-state index is 0.142. The molecule has 0 aliphatic rings. The van der Waals surface area contributed by atoms with Crippen molar-refractivity contribution in [1.29, 1.82) is 0 Å². The molecule has 3 aromatic rings. The lowest BCUT2D eigenvalue weighted by molar-refractivity contribution is 0.0954. The molecule has 6 nitrogen and oxygen atoms in total. The largest absolute Gasteiger partial charge is 0.490 e. The Balaban J connectivity index is 1.54. The van der Waals surface area contributed by atoms with Crippen molar-refractivity contribution in [2.45, 2.75) is 26.7 Å². The number of pyridine rings is 1. The zero-order valence-electron chi connectivity index (χ0n) is 18.8. The van der Waals surface area contributed by atoms with Gasteiger partial charge in [0.1, 0.15) is 5.82 Å². The van der Waals surface area contributed by atoms with Gasteiger partial charge in [0.25, 0.3) is 5.91 Å². The number of nitrogens with one attached hydrogen (secondary N) is 2. The summed E-state index contributed by atoms with van der Waals surface area (Å²) >= 11 is 0. The molecule has 2 N–H and O–H groups in total. The lowest BCUT2D eigenvalue weighted by atomic mass is 10.1. The Hall–Kier alpha value is -3.54. The van der Waals surface area contributed by atoms with Crippen molar-refractivity contribution in [3.05, 3.63) is 83.6 Å². The molecule has 2 aromatic carbocycles. The highest BCUT2D eigenvalue weighted by Crippen LogP contribution is 2.28. The number of aromatic nitrogens is 1. The average Bonchev–Trinajstić information content (AvgIpc) is 2.82. The van der Waals surface area contributed by atoms with Crippen LogP contribution in [0, 0.1) is 0 Å². The minimum atomic E-state index is -0.142. The predicted molar refractivity (Wildman–Crippen MR) is 128 cm³/mol. The van der Waals surface area contributed by atoms with Crippen LogP contribution in [0.15, 0.2) is 66.9 Å². The van der Waals surface area contributed by atoms with E-state index in [0.29, 0.717) is 44.1 Å². The predicted octanol–water partition coefficient (Wildman–Crippen LogP) is 4.51. The van der Waals surface area contributed by atoms with Crippen molar-refractivity contribution in [3.8, 4) is 11.5 Å². The molecule has 0 spiro atoms. The highest BCUT2D eigenvalue weighted by atomic mass is 16.5. The van der Waals surface area contributed by atoms with Gasteiger partial charge >= 0.3 is 0 Å². The summed E-state index contributed by atoms with van der Waals surface area (Å²) < 4.78 is 11.3. The molecule has 0 aliphatic carbocycles. The molecule has 168 valence electrons. The van der Waals surface area contributed by atoms with Gasteiger partial charge in [-0.15, -0.1) is 0 Å². The summed E-state index contributed by atoms with van der Waals surface area (Å²) in [6.07, 6.45) is 3.24. The molecule has 32 heavy (non-hydrogen) atoms. The zero-order chi connectivity index (χ0) is 22.6. The van der Waals surface area contributed by atoms with Gasteiger partial charge in [-0.05, 0) is 62.1 Å². The molecule has 1 amide bonds. The molecule has 1 heterocycles. The monoisotopic (exact) mass is 433 g/mol. The van der Waals surface area contributed by atoms with Crippen molar-refractivity contribution in [1.82, 2.24) is 10.3 Å². The normalized spacial score (nSPS) is 10.4. The third-order valence-electron chi connectivity index (χ3n) is 4.91. The van der Waals surface area contributed by atoms with Gasteiger partial charge in [-0.25, -0.2) is 4.98 Å². The summed E-state index contributed by atoms with van der Waals surface area (Å²) in [5.41, 5.74) is 2.86. The van der Waals surface area contributed by atoms with Gasteiger partial charge in [0.05, 0.1) is 18.8 Å². The second-order valence-electron chi connectivity index (χ2n) is 7.21. The molecular formula is C26H31N3O3. The molecule has 0 saturated carbocycles. The summed E-state index contributed by atoms with van der Waals surface area (Å²) in [7, 11) is 0. The summed E-state index contributed by atoms with van der Waals surface area (Å²) in [6.45, 7) is 6.26. The van der Waals surface area contributed by atoms with Crippen LogP contribution in [0.5, 0.6) is 11.5 Å². The lowest BCUT2D eigenvalue weighted by Crippen LogP contribution is -2.27. The van der Waals surface area contributed by atoms with Crippen LogP contribution in [0.25, 0.3) is 0 Å². The van der Waals surface area contributed by atoms with Crippen molar-refractivity contribution in [2.24, 2.45) is 0 Å². The molecule has 0 unspecified atom stereocenters. The molecule has 0 aliphatic heterocycles. The van der Waals surface area contributed by atoms with E-state index in [1.165, 1.54) is 5.56 Å². The first-order chi connectivity index (χ1) is 15.7. The fraction of sp³-hybridized carbons (Fsp3) is 0.308. The average molecular weight is 434 g/mol. The Kier molecular flexibility index (Phi) is 8.92. The van der Waals surface area contributed by atoms with E-state index in [1.54, 1.807) is 18.3 Å². The minimum Gasteiger partial charge on any atom is -0.490 e. The fourth-order valence-corrected chi connectivity index (χ4v) is 3.37. The lowest BCUT2D eigenvalue weighted by Gasteiger charge is -2.13. The summed E-state index contributed by atoms with van der Waals surface area (Å²) in [6, 6.07) is 19.7. The maximum atomic E-state index is 12.8. The van der Waals surface area contributed by atoms with Crippen LogP contribution in [0.1, 0.15) is 35.3 Å². The van der Waals surface area contributed by atoms with Crippen LogP contribution in [0.2, 0.25) is 0 Å². The topological polar surface area (TPSA) is 72.5 Å². The summed E-state index contributed by atoms with van der Waals surface area (Å²) in [4.78, 5) is 17.1. The maximum absolute atomic E-state index is 12.8. The Morgan fingerprint density at radius 1 is 0.844 bits per heavy atom. The van der Waals surface area contributed by atoms with E-state index in [0.717, 1.165) is 23.5 Å². The molecular weight excluding hydrogens is 402 g/mol. The number of carbonyl (C=O) groups excluding carboxylic acids is 1. The number of hydrogen-bond acceptors (Lipinski definition) is 5. The Morgan fingerprint density at radius 3 is 2.38 bits per heavy atom. The van der Waals surface area contributed by atoms with E-state index in [9.17, 15) is 4.79 Å². The maximum Gasteiger partial charge on any atom is 0.255 e. The highest BCUT2D eigenvalue weighted by Gasteiger charge is 2.12. The van der Waals surface area contributed by atoms with E-state index >= 15 is 0 Å². The van der Waals surface area contributed by atoms with E-state index in [-0.39, 0.29) is 5.91 Å². The van der Waals surface area contributed by atoms with Gasteiger partial charge in [0.15, 0.2) is 11.5 Å². The van der Waals surface area contributed by atoms with Crippen LogP contribution < -0.4 is 20.1 Å². The molecule has 0 fully saturated rings. The molecule has 1 aromatic heterocycles. The Labute approximate surface area is 190 Å². The first-order valence-electron chi connectivity index (χ1n) is 11.1. The number of anilines is 1. The number of rotatable bonds is 12. The van der Waals surface area contributed by atoms with Gasteiger partial charge in [-0.2, -0.15) is 0 Å². The summed E-state index contributed by atoms with van der Waals surface area (Å²) in [5, 5.41) is 6.28. The van der Waals surface area contributed by atoms with Crippen molar-refractivity contribution < 1.29 is 14.3 Å². The molecule has 0 radical (unpaired) electrons. The first-order valence-corrected chi connectivity index (χ1v) is 11.1. The molecule has 0 saturated heterocycles. The highest BCUT2D eigenvalue weighted by molar-refractivity contribution is 5.98. The van der Waals surface area contributed by atoms with Crippen LogP contribution in [-0.2, 0) is 12.8 Å². The number of nitrogens with zero attached hydrogens (tertiary/aromatic N) is 1. The molecule has 3 rings (SSSR count). The number of benzene rings is 2. The Morgan fingerprint density at radius 2 is 1.59 bits per heavy atom. The van der Waals surface area contributed by atoms with Crippen LogP contribution >= 0.6 is 0 Å². The first kappa shape index (κ1) is 23.1. The molecule has 6 heteroatoms. The van der Waals surface area contributed by atoms with Crippen molar-refractivity contribution >= 4 is 11.7 Å². The zero-order valence-corrected chi connectivity index (χ0v) is 18.8. The second kappa shape index (κ2) is 12.3. The van der Waals surface area contributed by atoms with Crippen molar-refractivity contribution in [2.75, 3.05) is 31.6 Å². The summed E-state index contributed by atoms with van der Waals surface area (Å²) in [5.74, 6) is 1.93. The fourth-order valence-electron chi connectivity index (χ4n) is 3.37. The van der Waals surface area contributed by atoms with Crippen LogP contribution in [0.3, 0.4) is 0 Å². The smallest absolute Gasteiger partial charge is 0.255 e. The van der Waals surface area contributed by atoms with Gasteiger partial charge in [0.2, 0.25) is 0 Å². The van der Waals surface area contributed by atoms with Gasteiger partial charge in [-0.1, -0.05) is 36.4 Å². The second-order valence-corrected chi connectivity index (χ2v) is 7.21. The van der Waals surface area contributed by atoms with Gasteiger partial charge < -0.3 is 20.1 Å². The van der Waals surface area contributed by atoms with E-state index in [2.05, 4.69) is 27.8 Å². The number of carbonyl (C=O) groups is 1.